The van der Waals surface area contributed by atoms with Crippen LogP contribution in [0.1, 0.15) is 0 Å². The van der Waals surface area contributed by atoms with Crippen molar-refractivity contribution in [1.82, 2.24) is 20.2 Å². The summed E-state index contributed by atoms with van der Waals surface area (Å²) < 4.78 is 2.69. The molecule has 1 aromatic heterocycles. The molecular formula is C8H7BrN4. The van der Waals surface area contributed by atoms with E-state index in [1.165, 1.54) is 0 Å². The Kier molecular flexibility index (Phi) is 2.10. The molecule has 66 valence electrons. The van der Waals surface area contributed by atoms with E-state index in [9.17, 15) is 0 Å². The molecule has 4 nitrogen and oxygen atoms in total. The number of aryl methyl sites for hydroxylation is 1. The first kappa shape index (κ1) is 8.37. The zero-order valence-electron chi connectivity index (χ0n) is 6.98. The summed E-state index contributed by atoms with van der Waals surface area (Å²) in [6, 6.07) is 7.86. The Morgan fingerprint density at radius 1 is 1.23 bits per heavy atom. The zero-order chi connectivity index (χ0) is 9.26. The monoisotopic (exact) mass is 238 g/mol. The number of aromatic nitrogens is 4. The molecule has 0 aliphatic carbocycles. The minimum Gasteiger partial charge on any atom is -0.229 e. The second kappa shape index (κ2) is 3.26. The van der Waals surface area contributed by atoms with Crippen LogP contribution < -0.4 is 0 Å². The Labute approximate surface area is 83.7 Å². The molecule has 13 heavy (non-hydrogen) atoms. The van der Waals surface area contributed by atoms with E-state index in [-0.39, 0.29) is 0 Å². The van der Waals surface area contributed by atoms with Gasteiger partial charge < -0.3 is 0 Å². The SMILES string of the molecule is Cn1nnnc1-c1ccc(Br)cc1. The van der Waals surface area contributed by atoms with Gasteiger partial charge in [-0.1, -0.05) is 28.1 Å². The molecule has 0 saturated heterocycles. The number of halogens is 1. The van der Waals surface area contributed by atoms with Gasteiger partial charge in [0.1, 0.15) is 0 Å². The highest BCUT2D eigenvalue weighted by atomic mass is 79.9. The molecule has 0 atom stereocenters. The van der Waals surface area contributed by atoms with Crippen molar-refractivity contribution in [2.45, 2.75) is 0 Å². The maximum atomic E-state index is 3.90. The van der Waals surface area contributed by atoms with Crippen LogP contribution >= 0.6 is 15.9 Å². The Balaban J connectivity index is 2.47. The molecule has 0 amide bonds. The first-order valence-electron chi connectivity index (χ1n) is 3.75. The largest absolute Gasteiger partial charge is 0.229 e. The molecule has 2 rings (SSSR count). The summed E-state index contributed by atoms with van der Waals surface area (Å²) in [6.07, 6.45) is 0. The summed E-state index contributed by atoms with van der Waals surface area (Å²) in [7, 11) is 1.82. The lowest BCUT2D eigenvalue weighted by Gasteiger charge is -1.97. The fourth-order valence-corrected chi connectivity index (χ4v) is 1.34. The Morgan fingerprint density at radius 2 is 1.92 bits per heavy atom. The topological polar surface area (TPSA) is 43.6 Å². The fourth-order valence-electron chi connectivity index (χ4n) is 1.07. The molecule has 0 spiro atoms. The van der Waals surface area contributed by atoms with Crippen LogP contribution in [0.5, 0.6) is 0 Å². The summed E-state index contributed by atoms with van der Waals surface area (Å²) >= 11 is 3.37. The zero-order valence-corrected chi connectivity index (χ0v) is 8.56. The van der Waals surface area contributed by atoms with Crippen molar-refractivity contribution in [3.63, 3.8) is 0 Å². The normalized spacial score (nSPS) is 10.3. The van der Waals surface area contributed by atoms with E-state index in [2.05, 4.69) is 31.5 Å². The van der Waals surface area contributed by atoms with Gasteiger partial charge in [-0.25, -0.2) is 4.68 Å². The Bertz CT molecular complexity index is 406. The van der Waals surface area contributed by atoms with Crippen LogP contribution in [-0.4, -0.2) is 20.2 Å². The van der Waals surface area contributed by atoms with Gasteiger partial charge in [0.25, 0.3) is 0 Å². The van der Waals surface area contributed by atoms with Gasteiger partial charge in [0.15, 0.2) is 5.82 Å². The van der Waals surface area contributed by atoms with E-state index < -0.39 is 0 Å². The Morgan fingerprint density at radius 3 is 2.46 bits per heavy atom. The molecule has 0 radical (unpaired) electrons. The van der Waals surface area contributed by atoms with Crippen molar-refractivity contribution in [3.05, 3.63) is 28.7 Å². The van der Waals surface area contributed by atoms with Gasteiger partial charge in [-0.3, -0.25) is 0 Å². The predicted octanol–water partition coefficient (Wildman–Crippen LogP) is 1.64. The standard InChI is InChI=1S/C8H7BrN4/c1-13-8(10-11-12-13)6-2-4-7(9)5-3-6/h2-5H,1H3. The van der Waals surface area contributed by atoms with E-state index in [0.29, 0.717) is 0 Å². The lowest BCUT2D eigenvalue weighted by Crippen LogP contribution is -1.94. The van der Waals surface area contributed by atoms with Crippen molar-refractivity contribution in [1.29, 1.82) is 0 Å². The maximum Gasteiger partial charge on any atom is 0.181 e. The molecule has 0 unspecified atom stereocenters. The quantitative estimate of drug-likeness (QED) is 0.759. The number of hydrogen-bond acceptors (Lipinski definition) is 3. The van der Waals surface area contributed by atoms with E-state index in [0.717, 1.165) is 15.9 Å². The number of hydrogen-bond donors (Lipinski definition) is 0. The van der Waals surface area contributed by atoms with Gasteiger partial charge in [0.05, 0.1) is 0 Å². The van der Waals surface area contributed by atoms with E-state index in [1.807, 2.05) is 31.3 Å². The molecule has 2 aromatic rings. The number of tetrazole rings is 1. The van der Waals surface area contributed by atoms with Crippen molar-refractivity contribution >= 4 is 15.9 Å². The Hall–Kier alpha value is -1.23. The van der Waals surface area contributed by atoms with Crippen LogP contribution in [0.2, 0.25) is 0 Å². The van der Waals surface area contributed by atoms with Crippen LogP contribution in [-0.2, 0) is 7.05 Å². The second-order valence-electron chi connectivity index (χ2n) is 2.63. The number of nitrogens with zero attached hydrogens (tertiary/aromatic N) is 4. The maximum absolute atomic E-state index is 3.90. The average molecular weight is 239 g/mol. The van der Waals surface area contributed by atoms with Crippen molar-refractivity contribution in [3.8, 4) is 11.4 Å². The second-order valence-corrected chi connectivity index (χ2v) is 3.55. The average Bonchev–Trinajstić information content (AvgIpc) is 2.53. The van der Waals surface area contributed by atoms with Crippen molar-refractivity contribution in [2.75, 3.05) is 0 Å². The highest BCUT2D eigenvalue weighted by molar-refractivity contribution is 9.10. The van der Waals surface area contributed by atoms with Crippen molar-refractivity contribution < 1.29 is 0 Å². The van der Waals surface area contributed by atoms with Crippen LogP contribution in [0.4, 0.5) is 0 Å². The molecule has 0 fully saturated rings. The molecule has 1 heterocycles. The van der Waals surface area contributed by atoms with Gasteiger partial charge in [-0.05, 0) is 22.6 Å². The summed E-state index contributed by atoms with van der Waals surface area (Å²) in [5, 5.41) is 11.2. The summed E-state index contributed by atoms with van der Waals surface area (Å²) in [5.41, 5.74) is 1.01. The van der Waals surface area contributed by atoms with Gasteiger partial charge in [-0.15, -0.1) is 5.10 Å². The first-order chi connectivity index (χ1) is 6.27. The lowest BCUT2D eigenvalue weighted by molar-refractivity contribution is 0.714. The van der Waals surface area contributed by atoms with E-state index in [1.54, 1.807) is 4.68 Å². The number of rotatable bonds is 1. The minimum absolute atomic E-state index is 0.771. The van der Waals surface area contributed by atoms with Crippen LogP contribution in [0.3, 0.4) is 0 Å². The predicted molar refractivity (Wildman–Crippen MR) is 51.9 cm³/mol. The summed E-state index contributed by atoms with van der Waals surface area (Å²) in [6.45, 7) is 0. The fraction of sp³-hybridized carbons (Fsp3) is 0.125. The van der Waals surface area contributed by atoms with E-state index in [4.69, 9.17) is 0 Å². The molecule has 0 N–H and O–H groups in total. The third-order valence-electron chi connectivity index (χ3n) is 1.72. The molecular weight excluding hydrogens is 232 g/mol. The molecule has 0 aliphatic heterocycles. The molecule has 0 aliphatic rings. The van der Waals surface area contributed by atoms with E-state index >= 15 is 0 Å². The highest BCUT2D eigenvalue weighted by Crippen LogP contribution is 2.17. The van der Waals surface area contributed by atoms with Crippen LogP contribution in [0.25, 0.3) is 11.4 Å². The van der Waals surface area contributed by atoms with Gasteiger partial charge in [0, 0.05) is 17.1 Å². The van der Waals surface area contributed by atoms with Gasteiger partial charge in [-0.2, -0.15) is 0 Å². The van der Waals surface area contributed by atoms with Crippen LogP contribution in [0.15, 0.2) is 28.7 Å². The molecule has 0 bridgehead atoms. The smallest absolute Gasteiger partial charge is 0.181 e. The third kappa shape index (κ3) is 1.60. The van der Waals surface area contributed by atoms with Gasteiger partial charge in [0.2, 0.25) is 0 Å². The molecule has 0 saturated carbocycles. The number of benzene rings is 1. The first-order valence-corrected chi connectivity index (χ1v) is 4.55. The minimum atomic E-state index is 0.771. The lowest BCUT2D eigenvalue weighted by atomic mass is 10.2. The van der Waals surface area contributed by atoms with Gasteiger partial charge >= 0.3 is 0 Å². The van der Waals surface area contributed by atoms with Crippen LogP contribution in [0, 0.1) is 0 Å². The highest BCUT2D eigenvalue weighted by Gasteiger charge is 2.03. The molecule has 5 heteroatoms. The summed E-state index contributed by atoms with van der Waals surface area (Å²) in [5.74, 6) is 0.771. The summed E-state index contributed by atoms with van der Waals surface area (Å²) in [4.78, 5) is 0. The third-order valence-corrected chi connectivity index (χ3v) is 2.25. The molecule has 1 aromatic carbocycles. The van der Waals surface area contributed by atoms with Crippen molar-refractivity contribution in [2.24, 2.45) is 7.05 Å².